The Morgan fingerprint density at radius 3 is 2.69 bits per heavy atom. The van der Waals surface area contributed by atoms with Crippen LogP contribution in [0.4, 0.5) is 5.69 Å². The quantitative estimate of drug-likeness (QED) is 0.312. The van der Waals surface area contributed by atoms with Crippen LogP contribution in [0.3, 0.4) is 0 Å². The van der Waals surface area contributed by atoms with E-state index in [4.69, 9.17) is 16.3 Å². The number of benzene rings is 3. The Kier molecular flexibility index (Phi) is 6.78. The maximum atomic E-state index is 13.2. The van der Waals surface area contributed by atoms with E-state index in [1.54, 1.807) is 42.0 Å². The highest BCUT2D eigenvalue weighted by atomic mass is 35.5. The molecule has 162 valence electrons. The van der Waals surface area contributed by atoms with Crippen molar-refractivity contribution in [2.75, 3.05) is 18.2 Å². The molecule has 0 saturated heterocycles. The molecule has 0 unspecified atom stereocenters. The van der Waals surface area contributed by atoms with Gasteiger partial charge in [0.25, 0.3) is 5.56 Å². The van der Waals surface area contributed by atoms with E-state index in [0.717, 1.165) is 5.56 Å². The number of fused-ring (bicyclic) bond motifs is 1. The van der Waals surface area contributed by atoms with Gasteiger partial charge in [0.1, 0.15) is 5.75 Å². The molecule has 1 amide bonds. The van der Waals surface area contributed by atoms with Crippen LogP contribution in [0.2, 0.25) is 5.02 Å². The van der Waals surface area contributed by atoms with E-state index in [9.17, 15) is 9.59 Å². The van der Waals surface area contributed by atoms with Gasteiger partial charge in [-0.2, -0.15) is 0 Å². The number of ether oxygens (including phenoxy) is 1. The predicted octanol–water partition coefficient (Wildman–Crippen LogP) is 4.84. The lowest BCUT2D eigenvalue weighted by atomic mass is 10.2. The van der Waals surface area contributed by atoms with Gasteiger partial charge in [0.2, 0.25) is 5.91 Å². The third-order valence-corrected chi connectivity index (χ3v) is 5.98. The van der Waals surface area contributed by atoms with Crippen molar-refractivity contribution in [3.8, 4) is 5.75 Å². The Morgan fingerprint density at radius 2 is 1.88 bits per heavy atom. The first-order valence-electron chi connectivity index (χ1n) is 9.85. The van der Waals surface area contributed by atoms with E-state index in [1.807, 2.05) is 42.5 Å². The molecule has 0 spiro atoms. The molecule has 0 bridgehead atoms. The lowest BCUT2D eigenvalue weighted by Crippen LogP contribution is -2.25. The van der Waals surface area contributed by atoms with E-state index in [1.165, 1.54) is 11.8 Å². The highest BCUT2D eigenvalue weighted by molar-refractivity contribution is 7.99. The van der Waals surface area contributed by atoms with Gasteiger partial charge in [-0.1, -0.05) is 59.8 Å². The average molecular weight is 466 g/mol. The normalized spacial score (nSPS) is 10.8. The topological polar surface area (TPSA) is 73.2 Å². The second-order valence-corrected chi connectivity index (χ2v) is 8.35. The van der Waals surface area contributed by atoms with Gasteiger partial charge in [0.05, 0.1) is 36.0 Å². The molecule has 3 aromatic carbocycles. The zero-order valence-electron chi connectivity index (χ0n) is 17.2. The molecule has 0 radical (unpaired) electrons. The molecule has 1 aromatic heterocycles. The summed E-state index contributed by atoms with van der Waals surface area (Å²) in [4.78, 5) is 30.5. The van der Waals surface area contributed by atoms with E-state index >= 15 is 0 Å². The number of hydrogen-bond donors (Lipinski definition) is 1. The minimum atomic E-state index is -0.226. The number of anilines is 1. The first-order chi connectivity index (χ1) is 15.5. The van der Waals surface area contributed by atoms with Crippen molar-refractivity contribution in [2.24, 2.45) is 0 Å². The van der Waals surface area contributed by atoms with Crippen molar-refractivity contribution in [1.82, 2.24) is 9.55 Å². The number of methoxy groups -OCH3 is 1. The van der Waals surface area contributed by atoms with Gasteiger partial charge in [-0.15, -0.1) is 0 Å². The van der Waals surface area contributed by atoms with Gasteiger partial charge in [-0.3, -0.25) is 14.2 Å². The summed E-state index contributed by atoms with van der Waals surface area (Å²) in [6.45, 7) is 0.299. The van der Waals surface area contributed by atoms with Gasteiger partial charge in [0.15, 0.2) is 5.16 Å². The summed E-state index contributed by atoms with van der Waals surface area (Å²) in [5, 5.41) is 4.42. The minimum Gasteiger partial charge on any atom is -0.495 e. The third kappa shape index (κ3) is 4.95. The number of para-hydroxylation sites is 3. The summed E-state index contributed by atoms with van der Waals surface area (Å²) in [7, 11) is 1.55. The number of rotatable bonds is 7. The second-order valence-electron chi connectivity index (χ2n) is 6.97. The molecule has 0 fully saturated rings. The summed E-state index contributed by atoms with van der Waals surface area (Å²) in [6, 6.07) is 21.7. The lowest BCUT2D eigenvalue weighted by molar-refractivity contribution is -0.113. The molecule has 0 saturated carbocycles. The molecule has 6 nitrogen and oxygen atoms in total. The summed E-state index contributed by atoms with van der Waals surface area (Å²) < 4.78 is 6.86. The van der Waals surface area contributed by atoms with E-state index in [0.29, 0.717) is 39.1 Å². The fourth-order valence-corrected chi connectivity index (χ4v) is 4.29. The van der Waals surface area contributed by atoms with Crippen LogP contribution in [0.15, 0.2) is 82.7 Å². The number of amides is 1. The minimum absolute atomic E-state index is 0.0817. The van der Waals surface area contributed by atoms with E-state index < -0.39 is 0 Å². The van der Waals surface area contributed by atoms with Crippen molar-refractivity contribution in [2.45, 2.75) is 11.7 Å². The van der Waals surface area contributed by atoms with Gasteiger partial charge in [0, 0.05) is 5.02 Å². The summed E-state index contributed by atoms with van der Waals surface area (Å²) in [6.07, 6.45) is 0. The number of thioether (sulfide) groups is 1. The molecule has 0 aliphatic carbocycles. The number of carbonyl (C=O) groups is 1. The first-order valence-corrected chi connectivity index (χ1v) is 11.2. The second kappa shape index (κ2) is 9.89. The van der Waals surface area contributed by atoms with E-state index in [-0.39, 0.29) is 17.2 Å². The highest BCUT2D eigenvalue weighted by Gasteiger charge is 2.15. The maximum Gasteiger partial charge on any atom is 0.262 e. The third-order valence-electron chi connectivity index (χ3n) is 4.77. The van der Waals surface area contributed by atoms with Crippen LogP contribution in [0.5, 0.6) is 5.75 Å². The van der Waals surface area contributed by atoms with Crippen LogP contribution in [0.25, 0.3) is 10.9 Å². The van der Waals surface area contributed by atoms with Crippen LogP contribution >= 0.6 is 23.4 Å². The number of nitrogens with zero attached hydrogens (tertiary/aromatic N) is 2. The van der Waals surface area contributed by atoms with Crippen molar-refractivity contribution in [3.05, 3.63) is 93.7 Å². The molecule has 1 heterocycles. The largest absolute Gasteiger partial charge is 0.495 e. The van der Waals surface area contributed by atoms with Crippen LogP contribution < -0.4 is 15.6 Å². The number of halogens is 1. The van der Waals surface area contributed by atoms with Crippen LogP contribution in [-0.2, 0) is 11.3 Å². The Labute approximate surface area is 194 Å². The molecule has 32 heavy (non-hydrogen) atoms. The number of nitrogens with one attached hydrogen (secondary N) is 1. The summed E-state index contributed by atoms with van der Waals surface area (Å²) in [5.74, 6) is 0.432. The first kappa shape index (κ1) is 21.9. The Morgan fingerprint density at radius 1 is 1.09 bits per heavy atom. The fourth-order valence-electron chi connectivity index (χ4n) is 3.28. The van der Waals surface area contributed by atoms with Crippen molar-refractivity contribution >= 4 is 45.9 Å². The Balaban J connectivity index is 1.62. The standard InChI is InChI=1S/C24H20ClN3O3S/c1-31-21-12-5-4-11-20(21)26-22(29)15-32-24-27-19-10-3-2-9-18(19)23(30)28(24)14-16-7-6-8-17(25)13-16/h2-13H,14-15H2,1H3,(H,26,29). The van der Waals surface area contributed by atoms with E-state index in [2.05, 4.69) is 10.3 Å². The summed E-state index contributed by atoms with van der Waals surface area (Å²) in [5.41, 5.74) is 1.89. The molecule has 8 heteroatoms. The molecule has 0 aliphatic rings. The van der Waals surface area contributed by atoms with Gasteiger partial charge in [-0.25, -0.2) is 4.98 Å². The van der Waals surface area contributed by atoms with Crippen LogP contribution in [0, 0.1) is 0 Å². The number of aromatic nitrogens is 2. The Hall–Kier alpha value is -3.29. The Bertz CT molecular complexity index is 1340. The number of carbonyl (C=O) groups excluding carboxylic acids is 1. The van der Waals surface area contributed by atoms with Crippen molar-refractivity contribution < 1.29 is 9.53 Å². The van der Waals surface area contributed by atoms with Crippen molar-refractivity contribution in [1.29, 1.82) is 0 Å². The average Bonchev–Trinajstić information content (AvgIpc) is 2.80. The van der Waals surface area contributed by atoms with Crippen molar-refractivity contribution in [3.63, 3.8) is 0 Å². The lowest BCUT2D eigenvalue weighted by Gasteiger charge is -2.14. The molecule has 4 rings (SSSR count). The van der Waals surface area contributed by atoms with Gasteiger partial charge in [-0.05, 0) is 42.0 Å². The predicted molar refractivity (Wildman–Crippen MR) is 129 cm³/mol. The monoisotopic (exact) mass is 465 g/mol. The molecule has 0 atom stereocenters. The van der Waals surface area contributed by atoms with Gasteiger partial charge >= 0.3 is 0 Å². The zero-order valence-corrected chi connectivity index (χ0v) is 18.8. The van der Waals surface area contributed by atoms with Crippen LogP contribution in [0.1, 0.15) is 5.56 Å². The molecular formula is C24H20ClN3O3S. The smallest absolute Gasteiger partial charge is 0.262 e. The SMILES string of the molecule is COc1ccccc1NC(=O)CSc1nc2ccccc2c(=O)n1Cc1cccc(Cl)c1. The molecule has 4 aromatic rings. The van der Waals surface area contributed by atoms with Gasteiger partial charge < -0.3 is 10.1 Å². The highest BCUT2D eigenvalue weighted by Crippen LogP contribution is 2.24. The fraction of sp³-hybridized carbons (Fsp3) is 0.125. The molecule has 0 aliphatic heterocycles. The maximum absolute atomic E-state index is 13.2. The molecule has 1 N–H and O–H groups in total. The number of hydrogen-bond acceptors (Lipinski definition) is 5. The zero-order chi connectivity index (χ0) is 22.5. The summed E-state index contributed by atoms with van der Waals surface area (Å²) >= 11 is 7.33. The molecular weight excluding hydrogens is 446 g/mol. The van der Waals surface area contributed by atoms with Crippen LogP contribution in [-0.4, -0.2) is 28.3 Å².